The molecule has 0 spiro atoms. The fourth-order valence-electron chi connectivity index (χ4n) is 3.50. The second-order valence-electron chi connectivity index (χ2n) is 7.11. The van der Waals surface area contributed by atoms with Crippen molar-refractivity contribution >= 4 is 48.4 Å². The monoisotopic (exact) mass is 491 g/mol. The zero-order valence-electron chi connectivity index (χ0n) is 16.6. The van der Waals surface area contributed by atoms with E-state index in [4.69, 9.17) is 9.72 Å². The number of thiazole rings is 1. The van der Waals surface area contributed by atoms with Crippen molar-refractivity contribution in [3.63, 3.8) is 0 Å². The van der Waals surface area contributed by atoms with Crippen LogP contribution in [0.25, 0.3) is 26.4 Å². The van der Waals surface area contributed by atoms with Gasteiger partial charge in [-0.15, -0.1) is 0 Å². The first kappa shape index (κ1) is 19.8. The van der Waals surface area contributed by atoms with Crippen molar-refractivity contribution in [1.29, 1.82) is 0 Å². The van der Waals surface area contributed by atoms with Crippen molar-refractivity contribution in [3.8, 4) is 17.0 Å². The maximum atomic E-state index is 12.6. The molecule has 5 aromatic rings. The number of rotatable bonds is 5. The first-order chi connectivity index (χ1) is 15.1. The number of hydrogen-bond acceptors (Lipinski definition) is 4. The smallest absolute Gasteiger partial charge is 0.251 e. The Morgan fingerprint density at radius 2 is 2.00 bits per heavy atom. The Balaban J connectivity index is 1.40. The maximum Gasteiger partial charge on any atom is 0.251 e. The number of methoxy groups -OCH3 is 1. The molecule has 1 amide bonds. The summed E-state index contributed by atoms with van der Waals surface area (Å²) in [6, 6.07) is 21.5. The van der Waals surface area contributed by atoms with Crippen LogP contribution in [0.15, 0.2) is 77.4 Å². The van der Waals surface area contributed by atoms with Gasteiger partial charge in [0.1, 0.15) is 5.75 Å². The van der Waals surface area contributed by atoms with Gasteiger partial charge >= 0.3 is 0 Å². The number of amides is 1. The highest BCUT2D eigenvalue weighted by Crippen LogP contribution is 2.31. The molecule has 0 aliphatic carbocycles. The minimum absolute atomic E-state index is 0.0926. The van der Waals surface area contributed by atoms with E-state index in [1.54, 1.807) is 18.4 Å². The van der Waals surface area contributed by atoms with E-state index in [-0.39, 0.29) is 5.91 Å². The number of hydrogen-bond donors (Lipinski definition) is 1. The van der Waals surface area contributed by atoms with Gasteiger partial charge in [-0.3, -0.25) is 9.20 Å². The summed E-state index contributed by atoms with van der Waals surface area (Å²) in [5.41, 5.74) is 4.61. The molecule has 5 nitrogen and oxygen atoms in total. The number of benzene rings is 3. The summed E-state index contributed by atoms with van der Waals surface area (Å²) in [7, 11) is 1.66. The molecular formula is C24H18BrN3O2S. The molecule has 1 N–H and O–H groups in total. The maximum absolute atomic E-state index is 12.6. The van der Waals surface area contributed by atoms with Crippen molar-refractivity contribution in [2.75, 3.05) is 7.11 Å². The normalized spacial score (nSPS) is 11.2. The van der Waals surface area contributed by atoms with Crippen molar-refractivity contribution in [2.24, 2.45) is 0 Å². The first-order valence-electron chi connectivity index (χ1n) is 9.69. The van der Waals surface area contributed by atoms with E-state index >= 15 is 0 Å². The van der Waals surface area contributed by atoms with E-state index in [1.807, 2.05) is 72.9 Å². The predicted molar refractivity (Wildman–Crippen MR) is 128 cm³/mol. The summed E-state index contributed by atoms with van der Waals surface area (Å²) < 4.78 is 9.41. The molecule has 0 aliphatic heterocycles. The molecule has 0 unspecified atom stereocenters. The lowest BCUT2D eigenvalue weighted by atomic mass is 10.1. The SMILES string of the molecule is COc1cccc(-c2cn3c(n2)sc2cc(C(=O)NCc4cccc(Br)c4)ccc23)c1. The van der Waals surface area contributed by atoms with E-state index in [0.717, 1.165) is 42.2 Å². The molecule has 0 saturated heterocycles. The summed E-state index contributed by atoms with van der Waals surface area (Å²) in [6.07, 6.45) is 2.02. The van der Waals surface area contributed by atoms with Gasteiger partial charge in [0.25, 0.3) is 5.91 Å². The third-order valence-corrected chi connectivity index (χ3v) is 6.57. The third kappa shape index (κ3) is 3.94. The Hall–Kier alpha value is -3.16. The molecule has 0 bridgehead atoms. The minimum Gasteiger partial charge on any atom is -0.497 e. The Bertz CT molecular complexity index is 1420. The van der Waals surface area contributed by atoms with Crippen LogP contribution < -0.4 is 10.1 Å². The minimum atomic E-state index is -0.0926. The molecule has 0 radical (unpaired) electrons. The van der Waals surface area contributed by atoms with Gasteiger partial charge in [-0.05, 0) is 48.0 Å². The van der Waals surface area contributed by atoms with Gasteiger partial charge < -0.3 is 10.1 Å². The molecule has 7 heteroatoms. The molecule has 0 fully saturated rings. The van der Waals surface area contributed by atoms with E-state index in [2.05, 4.69) is 25.6 Å². The summed E-state index contributed by atoms with van der Waals surface area (Å²) in [5, 5.41) is 2.99. The largest absolute Gasteiger partial charge is 0.497 e. The van der Waals surface area contributed by atoms with Crippen LogP contribution in [-0.4, -0.2) is 22.4 Å². The number of carbonyl (C=O) groups is 1. The lowest BCUT2D eigenvalue weighted by Gasteiger charge is -2.06. The average molecular weight is 492 g/mol. The van der Waals surface area contributed by atoms with Gasteiger partial charge in [-0.25, -0.2) is 4.98 Å². The van der Waals surface area contributed by atoms with Gasteiger partial charge in [0.2, 0.25) is 0 Å². The molecular weight excluding hydrogens is 474 g/mol. The van der Waals surface area contributed by atoms with Gasteiger partial charge in [-0.2, -0.15) is 0 Å². The second-order valence-corrected chi connectivity index (χ2v) is 9.03. The second kappa shape index (κ2) is 8.17. The quantitative estimate of drug-likeness (QED) is 0.332. The van der Waals surface area contributed by atoms with E-state index in [9.17, 15) is 4.79 Å². The van der Waals surface area contributed by atoms with Crippen LogP contribution in [0.4, 0.5) is 0 Å². The van der Waals surface area contributed by atoms with Gasteiger partial charge in [0, 0.05) is 28.3 Å². The Kier molecular flexibility index (Phi) is 5.21. The molecule has 2 aromatic heterocycles. The lowest BCUT2D eigenvalue weighted by molar-refractivity contribution is 0.0951. The van der Waals surface area contributed by atoms with E-state index in [0.29, 0.717) is 12.1 Å². The Morgan fingerprint density at radius 1 is 1.13 bits per heavy atom. The van der Waals surface area contributed by atoms with Crippen molar-refractivity contribution in [3.05, 3.63) is 88.5 Å². The molecule has 5 rings (SSSR count). The van der Waals surface area contributed by atoms with Crippen molar-refractivity contribution < 1.29 is 9.53 Å². The standard InChI is InChI=1S/C24H18BrN3O2S/c1-30-19-7-3-5-16(11-19)20-14-28-21-9-8-17(12-22(21)31-24(28)27-20)23(29)26-13-15-4-2-6-18(25)10-15/h2-12,14H,13H2,1H3,(H,26,29). The molecule has 3 aromatic carbocycles. The highest BCUT2D eigenvalue weighted by molar-refractivity contribution is 9.10. The topological polar surface area (TPSA) is 55.6 Å². The number of halogens is 1. The van der Waals surface area contributed by atoms with Crippen LogP contribution >= 0.6 is 27.3 Å². The number of fused-ring (bicyclic) bond motifs is 3. The molecule has 154 valence electrons. The van der Waals surface area contributed by atoms with Crippen LogP contribution in [0.5, 0.6) is 5.75 Å². The number of ether oxygens (including phenoxy) is 1. The van der Waals surface area contributed by atoms with Gasteiger partial charge in [-0.1, -0.05) is 51.5 Å². The molecule has 2 heterocycles. The van der Waals surface area contributed by atoms with E-state index in [1.165, 1.54) is 0 Å². The first-order valence-corrected chi connectivity index (χ1v) is 11.3. The van der Waals surface area contributed by atoms with Gasteiger partial charge in [0.05, 0.1) is 23.0 Å². The van der Waals surface area contributed by atoms with Crippen molar-refractivity contribution in [1.82, 2.24) is 14.7 Å². The van der Waals surface area contributed by atoms with Gasteiger partial charge in [0.15, 0.2) is 4.96 Å². The van der Waals surface area contributed by atoms with Crippen LogP contribution in [-0.2, 0) is 6.54 Å². The van der Waals surface area contributed by atoms with E-state index < -0.39 is 0 Å². The zero-order valence-corrected chi connectivity index (χ0v) is 19.0. The zero-order chi connectivity index (χ0) is 21.4. The number of carbonyl (C=O) groups excluding carboxylic acids is 1. The highest BCUT2D eigenvalue weighted by Gasteiger charge is 2.13. The predicted octanol–water partition coefficient (Wildman–Crippen LogP) is 5.92. The number of nitrogens with zero attached hydrogens (tertiary/aromatic N) is 2. The summed E-state index contributed by atoms with van der Waals surface area (Å²) in [6.45, 7) is 0.480. The van der Waals surface area contributed by atoms with Crippen LogP contribution in [0.1, 0.15) is 15.9 Å². The third-order valence-electron chi connectivity index (χ3n) is 5.06. The lowest BCUT2D eigenvalue weighted by Crippen LogP contribution is -2.22. The van der Waals surface area contributed by atoms with Crippen LogP contribution in [0.3, 0.4) is 0 Å². The van der Waals surface area contributed by atoms with Crippen LogP contribution in [0, 0.1) is 0 Å². The number of nitrogens with one attached hydrogen (secondary N) is 1. The average Bonchev–Trinajstić information content (AvgIpc) is 3.35. The number of imidazole rings is 1. The summed E-state index contributed by atoms with van der Waals surface area (Å²) >= 11 is 5.02. The highest BCUT2D eigenvalue weighted by atomic mass is 79.9. The molecule has 0 aliphatic rings. The fourth-order valence-corrected chi connectivity index (χ4v) is 4.99. The Morgan fingerprint density at radius 3 is 2.84 bits per heavy atom. The number of aromatic nitrogens is 2. The van der Waals surface area contributed by atoms with Crippen molar-refractivity contribution in [2.45, 2.75) is 6.54 Å². The molecule has 0 atom stereocenters. The molecule has 31 heavy (non-hydrogen) atoms. The Labute approximate surface area is 191 Å². The molecule has 0 saturated carbocycles. The van der Waals surface area contributed by atoms with Crippen LogP contribution in [0.2, 0.25) is 0 Å². The summed E-state index contributed by atoms with van der Waals surface area (Å²) in [4.78, 5) is 18.3. The fraction of sp³-hybridized carbons (Fsp3) is 0.0833. The summed E-state index contributed by atoms with van der Waals surface area (Å²) in [5.74, 6) is 0.710.